The van der Waals surface area contributed by atoms with Crippen LogP contribution in [0.2, 0.25) is 0 Å². The summed E-state index contributed by atoms with van der Waals surface area (Å²) in [4.78, 5) is 13.6. The molecule has 1 aliphatic rings. The number of hydrogen-bond donors (Lipinski definition) is 1. The molecule has 6 nitrogen and oxygen atoms in total. The van der Waals surface area contributed by atoms with E-state index in [-0.39, 0.29) is 11.9 Å². The van der Waals surface area contributed by atoms with Gasteiger partial charge in [0.15, 0.2) is 0 Å². The Morgan fingerprint density at radius 1 is 1.45 bits per heavy atom. The Hall–Kier alpha value is -1.89. The SMILES string of the molecule is COCC1CN(Cc2c(C(=O)O)oc3ccccc23)CCO1. The van der Waals surface area contributed by atoms with Crippen molar-refractivity contribution in [3.05, 3.63) is 35.6 Å². The maximum Gasteiger partial charge on any atom is 0.372 e. The molecule has 1 N–H and O–H groups in total. The molecule has 2 aromatic rings. The van der Waals surface area contributed by atoms with Crippen LogP contribution in [0.15, 0.2) is 28.7 Å². The highest BCUT2D eigenvalue weighted by Crippen LogP contribution is 2.27. The predicted octanol–water partition coefficient (Wildman–Crippen LogP) is 1.98. The third-order valence-electron chi connectivity index (χ3n) is 3.85. The molecule has 118 valence electrons. The first kappa shape index (κ1) is 15.0. The van der Waals surface area contributed by atoms with Gasteiger partial charge in [0.05, 0.1) is 19.3 Å². The van der Waals surface area contributed by atoms with Crippen molar-refractivity contribution in [2.45, 2.75) is 12.6 Å². The van der Waals surface area contributed by atoms with Gasteiger partial charge in [0.1, 0.15) is 5.58 Å². The minimum Gasteiger partial charge on any atom is -0.475 e. The summed E-state index contributed by atoms with van der Waals surface area (Å²) in [5, 5.41) is 10.2. The van der Waals surface area contributed by atoms with Crippen molar-refractivity contribution in [3.8, 4) is 0 Å². The van der Waals surface area contributed by atoms with E-state index in [0.29, 0.717) is 31.9 Å². The molecule has 2 heterocycles. The highest BCUT2D eigenvalue weighted by molar-refractivity contribution is 5.95. The standard InChI is InChI=1S/C16H19NO5/c1-20-10-11-8-17(6-7-21-11)9-13-12-4-2-3-5-14(12)22-15(13)16(18)19/h2-5,11H,6-10H2,1H3,(H,18,19). The van der Waals surface area contributed by atoms with Crippen LogP contribution in [0, 0.1) is 0 Å². The van der Waals surface area contributed by atoms with Crippen LogP contribution in [0.5, 0.6) is 0 Å². The number of para-hydroxylation sites is 1. The van der Waals surface area contributed by atoms with Gasteiger partial charge in [-0.25, -0.2) is 4.79 Å². The molecule has 3 rings (SSSR count). The smallest absolute Gasteiger partial charge is 0.372 e. The molecule has 1 aromatic carbocycles. The topological polar surface area (TPSA) is 72.1 Å². The monoisotopic (exact) mass is 305 g/mol. The first-order valence-electron chi connectivity index (χ1n) is 7.25. The van der Waals surface area contributed by atoms with Gasteiger partial charge in [-0.3, -0.25) is 4.90 Å². The number of carboxylic acids is 1. The quantitative estimate of drug-likeness (QED) is 0.910. The molecule has 0 spiro atoms. The Balaban J connectivity index is 1.86. The molecule has 1 aliphatic heterocycles. The van der Waals surface area contributed by atoms with Gasteiger partial charge >= 0.3 is 5.97 Å². The van der Waals surface area contributed by atoms with Crippen LogP contribution in [0.3, 0.4) is 0 Å². The van der Waals surface area contributed by atoms with Crippen molar-refractivity contribution in [1.29, 1.82) is 0 Å². The van der Waals surface area contributed by atoms with E-state index in [1.54, 1.807) is 13.2 Å². The van der Waals surface area contributed by atoms with E-state index in [4.69, 9.17) is 13.9 Å². The zero-order valence-corrected chi connectivity index (χ0v) is 12.4. The summed E-state index contributed by atoms with van der Waals surface area (Å²) in [5.74, 6) is -1.01. The maximum atomic E-state index is 11.4. The summed E-state index contributed by atoms with van der Waals surface area (Å²) < 4.78 is 16.3. The van der Waals surface area contributed by atoms with E-state index >= 15 is 0 Å². The van der Waals surface area contributed by atoms with Crippen molar-refractivity contribution >= 4 is 16.9 Å². The second-order valence-corrected chi connectivity index (χ2v) is 5.39. The average Bonchev–Trinajstić information content (AvgIpc) is 2.87. The summed E-state index contributed by atoms with van der Waals surface area (Å²) >= 11 is 0. The maximum absolute atomic E-state index is 11.4. The van der Waals surface area contributed by atoms with E-state index in [9.17, 15) is 9.90 Å². The predicted molar refractivity (Wildman–Crippen MR) is 80.1 cm³/mol. The number of rotatable bonds is 5. The zero-order chi connectivity index (χ0) is 15.5. The van der Waals surface area contributed by atoms with Crippen molar-refractivity contribution in [2.24, 2.45) is 0 Å². The van der Waals surface area contributed by atoms with Crippen molar-refractivity contribution in [1.82, 2.24) is 4.90 Å². The molecule has 1 unspecified atom stereocenters. The molecule has 0 saturated carbocycles. The Labute approximate surface area is 128 Å². The number of furan rings is 1. The number of ether oxygens (including phenoxy) is 2. The summed E-state index contributed by atoms with van der Waals surface area (Å²) in [6.45, 7) is 3.16. The molecule has 0 amide bonds. The molecule has 6 heteroatoms. The number of methoxy groups -OCH3 is 1. The van der Waals surface area contributed by atoms with E-state index < -0.39 is 5.97 Å². The molecule has 0 radical (unpaired) electrons. The molecule has 1 aromatic heterocycles. The van der Waals surface area contributed by atoms with Crippen LogP contribution < -0.4 is 0 Å². The van der Waals surface area contributed by atoms with Gasteiger partial charge in [-0.2, -0.15) is 0 Å². The second kappa shape index (κ2) is 6.48. The molecular weight excluding hydrogens is 286 g/mol. The third-order valence-corrected chi connectivity index (χ3v) is 3.85. The van der Waals surface area contributed by atoms with Gasteiger partial charge in [-0.15, -0.1) is 0 Å². The van der Waals surface area contributed by atoms with Crippen LogP contribution in [-0.2, 0) is 16.0 Å². The highest BCUT2D eigenvalue weighted by Gasteiger charge is 2.25. The van der Waals surface area contributed by atoms with E-state index in [1.807, 2.05) is 18.2 Å². The lowest BCUT2D eigenvalue weighted by Crippen LogP contribution is -2.43. The molecule has 0 aliphatic carbocycles. The van der Waals surface area contributed by atoms with Crippen molar-refractivity contribution in [2.75, 3.05) is 33.4 Å². The van der Waals surface area contributed by atoms with Crippen molar-refractivity contribution < 1.29 is 23.8 Å². The molecule has 22 heavy (non-hydrogen) atoms. The Morgan fingerprint density at radius 2 is 2.27 bits per heavy atom. The lowest BCUT2D eigenvalue weighted by molar-refractivity contribution is -0.0631. The fraction of sp³-hybridized carbons (Fsp3) is 0.438. The molecule has 1 saturated heterocycles. The van der Waals surface area contributed by atoms with Crippen molar-refractivity contribution in [3.63, 3.8) is 0 Å². The molecule has 0 bridgehead atoms. The number of aromatic carboxylic acids is 1. The fourth-order valence-corrected chi connectivity index (χ4v) is 2.86. The number of carbonyl (C=O) groups is 1. The van der Waals surface area contributed by atoms with Crippen LogP contribution in [-0.4, -0.2) is 55.5 Å². The number of benzene rings is 1. The first-order chi connectivity index (χ1) is 10.7. The lowest BCUT2D eigenvalue weighted by atomic mass is 10.1. The van der Waals surface area contributed by atoms with Gasteiger partial charge in [-0.1, -0.05) is 18.2 Å². The number of morpholine rings is 1. The van der Waals surface area contributed by atoms with Gasteiger partial charge < -0.3 is 19.0 Å². The highest BCUT2D eigenvalue weighted by atomic mass is 16.5. The van der Waals surface area contributed by atoms with Gasteiger partial charge in [-0.05, 0) is 6.07 Å². The Bertz CT molecular complexity index is 664. The zero-order valence-electron chi connectivity index (χ0n) is 12.4. The summed E-state index contributed by atoms with van der Waals surface area (Å²) in [6, 6.07) is 7.41. The average molecular weight is 305 g/mol. The Morgan fingerprint density at radius 3 is 3.05 bits per heavy atom. The van der Waals surface area contributed by atoms with Crippen LogP contribution in [0.4, 0.5) is 0 Å². The summed E-state index contributed by atoms with van der Waals surface area (Å²) in [6.07, 6.45) is 0.0187. The largest absolute Gasteiger partial charge is 0.475 e. The van der Waals surface area contributed by atoms with Crippen LogP contribution in [0.25, 0.3) is 11.0 Å². The lowest BCUT2D eigenvalue weighted by Gasteiger charge is -2.32. The minimum absolute atomic E-state index is 0.0187. The number of nitrogens with zero attached hydrogens (tertiary/aromatic N) is 1. The van der Waals surface area contributed by atoms with Gasteiger partial charge in [0.25, 0.3) is 0 Å². The second-order valence-electron chi connectivity index (χ2n) is 5.39. The van der Waals surface area contributed by atoms with E-state index in [0.717, 1.165) is 17.5 Å². The van der Waals surface area contributed by atoms with E-state index in [1.165, 1.54) is 0 Å². The molecular formula is C16H19NO5. The van der Waals surface area contributed by atoms with Gasteiger partial charge in [0, 0.05) is 37.7 Å². The molecule has 1 fully saturated rings. The third kappa shape index (κ3) is 2.99. The van der Waals surface area contributed by atoms with Crippen LogP contribution in [0.1, 0.15) is 16.1 Å². The normalized spacial score (nSPS) is 19.6. The number of hydrogen-bond acceptors (Lipinski definition) is 5. The van der Waals surface area contributed by atoms with E-state index in [2.05, 4.69) is 4.90 Å². The Kier molecular flexibility index (Phi) is 4.42. The first-order valence-corrected chi connectivity index (χ1v) is 7.25. The summed E-state index contributed by atoms with van der Waals surface area (Å²) in [7, 11) is 1.65. The summed E-state index contributed by atoms with van der Waals surface area (Å²) in [5.41, 5.74) is 1.33. The van der Waals surface area contributed by atoms with Gasteiger partial charge in [0.2, 0.25) is 5.76 Å². The minimum atomic E-state index is -1.03. The molecule has 1 atom stereocenters. The number of fused-ring (bicyclic) bond motifs is 1. The fourth-order valence-electron chi connectivity index (χ4n) is 2.86. The van der Waals surface area contributed by atoms with Crippen LogP contribution >= 0.6 is 0 Å². The number of carboxylic acid groups (broad SMARTS) is 1.